The Kier molecular flexibility index (Phi) is 6.52. The van der Waals surface area contributed by atoms with E-state index in [2.05, 4.69) is 46.2 Å². The van der Waals surface area contributed by atoms with Crippen molar-refractivity contribution in [2.75, 3.05) is 19.7 Å². The van der Waals surface area contributed by atoms with Crippen molar-refractivity contribution in [3.05, 3.63) is 69.5 Å². The van der Waals surface area contributed by atoms with Crippen molar-refractivity contribution >= 4 is 11.3 Å². The fraction of sp³-hybridized carbons (Fsp3) is 0.455. The molecule has 0 amide bonds. The summed E-state index contributed by atoms with van der Waals surface area (Å²) in [6, 6.07) is 14.6. The smallest absolute Gasteiger partial charge is 0.231 e. The van der Waals surface area contributed by atoms with E-state index in [1.807, 2.05) is 29.5 Å². The highest BCUT2D eigenvalue weighted by atomic mass is 32.1. The zero-order valence-electron chi connectivity index (χ0n) is 16.3. The highest BCUT2D eigenvalue weighted by molar-refractivity contribution is 7.11. The van der Waals surface area contributed by atoms with Crippen LogP contribution in [-0.2, 0) is 24.3 Å². The molecule has 0 bridgehead atoms. The Labute approximate surface area is 170 Å². The molecule has 0 spiro atoms. The van der Waals surface area contributed by atoms with E-state index in [-0.39, 0.29) is 0 Å². The molecule has 148 valence electrons. The summed E-state index contributed by atoms with van der Waals surface area (Å²) in [5, 5.41) is 4.17. The number of thiophene rings is 1. The van der Waals surface area contributed by atoms with Gasteiger partial charge in [-0.1, -0.05) is 35.5 Å². The number of hydrogen-bond acceptors (Lipinski definition) is 6. The molecule has 0 aliphatic carbocycles. The van der Waals surface area contributed by atoms with Crippen LogP contribution in [-0.4, -0.2) is 34.7 Å². The van der Waals surface area contributed by atoms with Crippen molar-refractivity contribution in [1.82, 2.24) is 15.0 Å². The van der Waals surface area contributed by atoms with Crippen LogP contribution in [0.5, 0.6) is 0 Å². The minimum atomic E-state index is 0.335. The van der Waals surface area contributed by atoms with E-state index in [0.717, 1.165) is 37.8 Å². The number of rotatable bonds is 8. The summed E-state index contributed by atoms with van der Waals surface area (Å²) in [5.41, 5.74) is 1.18. The summed E-state index contributed by atoms with van der Waals surface area (Å²) in [6.45, 7) is 6.53. The molecule has 0 saturated carbocycles. The number of aryl methyl sites for hydroxylation is 1. The molecule has 4 rings (SSSR count). The maximum Gasteiger partial charge on any atom is 0.231 e. The van der Waals surface area contributed by atoms with E-state index >= 15 is 0 Å². The molecule has 6 heteroatoms. The molecule has 1 saturated heterocycles. The fourth-order valence-electron chi connectivity index (χ4n) is 3.65. The van der Waals surface area contributed by atoms with Crippen molar-refractivity contribution < 1.29 is 9.26 Å². The molecule has 1 atom stereocenters. The molecular weight excluding hydrogens is 370 g/mol. The summed E-state index contributed by atoms with van der Waals surface area (Å²) in [6.07, 6.45) is 2.97. The minimum absolute atomic E-state index is 0.335. The first kappa shape index (κ1) is 19.3. The molecule has 2 aromatic heterocycles. The predicted molar refractivity (Wildman–Crippen MR) is 110 cm³/mol. The number of hydrogen-bond donors (Lipinski definition) is 0. The lowest BCUT2D eigenvalue weighted by molar-refractivity contribution is 0.122. The van der Waals surface area contributed by atoms with Gasteiger partial charge in [-0.2, -0.15) is 4.98 Å². The van der Waals surface area contributed by atoms with Gasteiger partial charge in [0.05, 0.1) is 19.1 Å². The molecule has 1 aromatic carbocycles. The Morgan fingerprint density at radius 1 is 1.21 bits per heavy atom. The Bertz CT molecular complexity index is 862. The van der Waals surface area contributed by atoms with Gasteiger partial charge in [-0.15, -0.1) is 11.3 Å². The monoisotopic (exact) mass is 397 g/mol. The van der Waals surface area contributed by atoms with E-state index in [1.54, 1.807) is 0 Å². The zero-order chi connectivity index (χ0) is 19.2. The second-order valence-electron chi connectivity index (χ2n) is 7.42. The third kappa shape index (κ3) is 5.28. The van der Waals surface area contributed by atoms with Crippen LogP contribution in [0.2, 0.25) is 0 Å². The van der Waals surface area contributed by atoms with Crippen LogP contribution in [0.3, 0.4) is 0 Å². The second kappa shape index (κ2) is 9.45. The molecule has 3 heterocycles. The lowest BCUT2D eigenvalue weighted by atomic mass is 9.98. The van der Waals surface area contributed by atoms with Gasteiger partial charge in [0.15, 0.2) is 5.82 Å². The largest absolute Gasteiger partial charge is 0.376 e. The molecule has 1 fully saturated rings. The van der Waals surface area contributed by atoms with Gasteiger partial charge in [0.1, 0.15) is 0 Å². The van der Waals surface area contributed by atoms with Crippen molar-refractivity contribution in [1.29, 1.82) is 0 Å². The van der Waals surface area contributed by atoms with Gasteiger partial charge in [-0.05, 0) is 44.0 Å². The highest BCUT2D eigenvalue weighted by Crippen LogP contribution is 2.28. The van der Waals surface area contributed by atoms with Crippen molar-refractivity contribution in [3.63, 3.8) is 0 Å². The van der Waals surface area contributed by atoms with Gasteiger partial charge < -0.3 is 9.26 Å². The predicted octanol–water partition coefficient (Wildman–Crippen LogP) is 4.58. The normalized spacial score (nSPS) is 17.8. The first-order chi connectivity index (χ1) is 13.8. The van der Waals surface area contributed by atoms with E-state index in [4.69, 9.17) is 9.26 Å². The Morgan fingerprint density at radius 3 is 2.93 bits per heavy atom. The van der Waals surface area contributed by atoms with Gasteiger partial charge in [0.25, 0.3) is 0 Å². The fourth-order valence-corrected chi connectivity index (χ4v) is 4.59. The summed E-state index contributed by atoms with van der Waals surface area (Å²) < 4.78 is 11.3. The third-order valence-corrected chi connectivity index (χ3v) is 6.08. The Hall–Kier alpha value is -2.02. The maximum absolute atomic E-state index is 5.74. The number of benzene rings is 1. The van der Waals surface area contributed by atoms with Crippen LogP contribution in [0.15, 0.2) is 47.0 Å². The second-order valence-corrected chi connectivity index (χ2v) is 8.80. The molecule has 0 N–H and O–H groups in total. The maximum atomic E-state index is 5.74. The van der Waals surface area contributed by atoms with Crippen molar-refractivity contribution in [2.24, 2.45) is 0 Å². The Balaban J connectivity index is 1.25. The third-order valence-electron chi connectivity index (χ3n) is 5.10. The molecule has 3 aromatic rings. The molecule has 5 nitrogen and oxygen atoms in total. The van der Waals surface area contributed by atoms with Gasteiger partial charge >= 0.3 is 0 Å². The zero-order valence-corrected chi connectivity index (χ0v) is 17.2. The minimum Gasteiger partial charge on any atom is -0.376 e. The number of piperidine rings is 1. The van der Waals surface area contributed by atoms with Crippen LogP contribution in [0.1, 0.15) is 45.8 Å². The number of nitrogens with zero attached hydrogens (tertiary/aromatic N) is 3. The van der Waals surface area contributed by atoms with Crippen LogP contribution >= 0.6 is 11.3 Å². The van der Waals surface area contributed by atoms with Gasteiger partial charge in [-0.3, -0.25) is 4.90 Å². The standard InChI is InChI=1S/C22H27N3O2S/c1-17-9-10-20(28-17)15-25-12-5-8-19(14-25)22-23-21(24-27-22)11-13-26-16-18-6-3-2-4-7-18/h2-4,6-7,9-10,19H,5,8,11-16H2,1H3. The van der Waals surface area contributed by atoms with E-state index in [0.29, 0.717) is 25.6 Å². The van der Waals surface area contributed by atoms with Gasteiger partial charge in [0.2, 0.25) is 5.89 Å². The Morgan fingerprint density at radius 2 is 2.11 bits per heavy atom. The van der Waals surface area contributed by atoms with E-state index in [9.17, 15) is 0 Å². The van der Waals surface area contributed by atoms with E-state index in [1.165, 1.54) is 21.7 Å². The quantitative estimate of drug-likeness (QED) is 0.521. The first-order valence-electron chi connectivity index (χ1n) is 9.98. The van der Waals surface area contributed by atoms with Crippen LogP contribution < -0.4 is 0 Å². The molecule has 1 aliphatic rings. The SMILES string of the molecule is Cc1ccc(CN2CCCC(c3nc(CCOCc4ccccc4)no3)C2)s1. The van der Waals surface area contributed by atoms with Gasteiger partial charge in [0, 0.05) is 29.3 Å². The molecule has 1 unspecified atom stereocenters. The van der Waals surface area contributed by atoms with Crippen molar-refractivity contribution in [3.8, 4) is 0 Å². The van der Waals surface area contributed by atoms with Crippen LogP contribution in [0.25, 0.3) is 0 Å². The average molecular weight is 398 g/mol. The summed E-state index contributed by atoms with van der Waals surface area (Å²) >= 11 is 1.89. The summed E-state index contributed by atoms with van der Waals surface area (Å²) in [4.78, 5) is 9.95. The summed E-state index contributed by atoms with van der Waals surface area (Å²) in [5.74, 6) is 1.86. The highest BCUT2D eigenvalue weighted by Gasteiger charge is 2.26. The summed E-state index contributed by atoms with van der Waals surface area (Å²) in [7, 11) is 0. The topological polar surface area (TPSA) is 51.4 Å². The molecule has 0 radical (unpaired) electrons. The van der Waals surface area contributed by atoms with Crippen LogP contribution in [0, 0.1) is 6.92 Å². The number of ether oxygens (including phenoxy) is 1. The molecule has 28 heavy (non-hydrogen) atoms. The average Bonchev–Trinajstić information content (AvgIpc) is 3.35. The van der Waals surface area contributed by atoms with Gasteiger partial charge in [-0.25, -0.2) is 0 Å². The number of aromatic nitrogens is 2. The molecule has 1 aliphatic heterocycles. The van der Waals surface area contributed by atoms with Crippen LogP contribution in [0.4, 0.5) is 0 Å². The van der Waals surface area contributed by atoms with E-state index < -0.39 is 0 Å². The first-order valence-corrected chi connectivity index (χ1v) is 10.8. The van der Waals surface area contributed by atoms with Crippen molar-refractivity contribution in [2.45, 2.75) is 45.3 Å². The molecular formula is C22H27N3O2S. The lowest BCUT2D eigenvalue weighted by Gasteiger charge is -2.30. The number of likely N-dealkylation sites (tertiary alicyclic amines) is 1. The lowest BCUT2D eigenvalue weighted by Crippen LogP contribution is -2.33.